The fraction of sp³-hybridized carbons (Fsp3) is 0.250. The first-order chi connectivity index (χ1) is 12.5. The second-order valence-corrected chi connectivity index (χ2v) is 6.23. The van der Waals surface area contributed by atoms with Gasteiger partial charge in [-0.15, -0.1) is 0 Å². The molecule has 0 bridgehead atoms. The predicted octanol–water partition coefficient (Wildman–Crippen LogP) is 3.22. The molecule has 1 N–H and O–H groups in total. The van der Waals surface area contributed by atoms with E-state index in [4.69, 9.17) is 4.74 Å². The van der Waals surface area contributed by atoms with Gasteiger partial charge in [0.2, 0.25) is 0 Å². The number of nitrogens with one attached hydrogen (secondary N) is 1. The van der Waals surface area contributed by atoms with Crippen LogP contribution >= 0.6 is 0 Å². The van der Waals surface area contributed by atoms with Crippen molar-refractivity contribution in [1.82, 2.24) is 20.1 Å². The van der Waals surface area contributed by atoms with Crippen LogP contribution in [0.15, 0.2) is 61.2 Å². The van der Waals surface area contributed by atoms with Crippen LogP contribution in [0.2, 0.25) is 0 Å². The third-order valence-corrected chi connectivity index (χ3v) is 4.14. The zero-order valence-corrected chi connectivity index (χ0v) is 15.1. The van der Waals surface area contributed by atoms with Crippen LogP contribution in [-0.4, -0.2) is 26.8 Å². The van der Waals surface area contributed by atoms with Crippen LogP contribution < -0.4 is 10.1 Å². The van der Waals surface area contributed by atoms with Crippen LogP contribution in [0.3, 0.4) is 0 Å². The van der Waals surface area contributed by atoms with Gasteiger partial charge in [0.25, 0.3) is 5.91 Å². The quantitative estimate of drug-likeness (QED) is 0.741. The summed E-state index contributed by atoms with van der Waals surface area (Å²) in [6.07, 6.45) is 2.56. The van der Waals surface area contributed by atoms with Crippen LogP contribution in [0.5, 0.6) is 5.75 Å². The van der Waals surface area contributed by atoms with E-state index in [2.05, 4.69) is 15.4 Å². The molecule has 0 radical (unpaired) electrons. The largest absolute Gasteiger partial charge is 0.481 e. The molecule has 3 rings (SSSR count). The number of nitrogens with zero attached hydrogens (tertiary/aromatic N) is 3. The highest BCUT2D eigenvalue weighted by atomic mass is 16.5. The van der Waals surface area contributed by atoms with Crippen LogP contribution in [0.25, 0.3) is 5.69 Å². The lowest BCUT2D eigenvalue weighted by molar-refractivity contribution is -0.127. The molecule has 0 saturated carbocycles. The molecule has 0 saturated heterocycles. The van der Waals surface area contributed by atoms with E-state index in [-0.39, 0.29) is 11.9 Å². The van der Waals surface area contributed by atoms with Gasteiger partial charge in [-0.1, -0.05) is 29.8 Å². The maximum absolute atomic E-state index is 12.4. The zero-order chi connectivity index (χ0) is 18.5. The van der Waals surface area contributed by atoms with E-state index in [1.807, 2.05) is 62.4 Å². The summed E-state index contributed by atoms with van der Waals surface area (Å²) >= 11 is 0. The third-order valence-electron chi connectivity index (χ3n) is 4.14. The van der Waals surface area contributed by atoms with E-state index in [0.29, 0.717) is 5.75 Å². The number of ether oxygens (including phenoxy) is 1. The molecule has 134 valence electrons. The summed E-state index contributed by atoms with van der Waals surface area (Å²) in [4.78, 5) is 16.3. The fourth-order valence-corrected chi connectivity index (χ4v) is 2.55. The average molecular weight is 350 g/mol. The Morgan fingerprint density at radius 3 is 2.38 bits per heavy atom. The molecular formula is C20H22N4O2. The number of aromatic nitrogens is 3. The summed E-state index contributed by atoms with van der Waals surface area (Å²) in [6.45, 7) is 5.70. The van der Waals surface area contributed by atoms with Crippen molar-refractivity contribution in [3.05, 3.63) is 72.3 Å². The maximum Gasteiger partial charge on any atom is 0.261 e. The summed E-state index contributed by atoms with van der Waals surface area (Å²) in [5.41, 5.74) is 3.07. The Bertz CT molecular complexity index is 843. The third kappa shape index (κ3) is 4.27. The van der Waals surface area contributed by atoms with Gasteiger partial charge in [0.05, 0.1) is 11.7 Å². The number of carbonyl (C=O) groups excluding carboxylic acids is 1. The van der Waals surface area contributed by atoms with Crippen molar-refractivity contribution in [1.29, 1.82) is 0 Å². The van der Waals surface area contributed by atoms with Gasteiger partial charge in [-0.25, -0.2) is 9.67 Å². The fourth-order valence-electron chi connectivity index (χ4n) is 2.55. The van der Waals surface area contributed by atoms with E-state index in [1.54, 1.807) is 17.9 Å². The van der Waals surface area contributed by atoms with Gasteiger partial charge in [0.15, 0.2) is 6.10 Å². The van der Waals surface area contributed by atoms with Gasteiger partial charge >= 0.3 is 0 Å². The zero-order valence-electron chi connectivity index (χ0n) is 15.1. The lowest BCUT2D eigenvalue weighted by atomic mass is 10.1. The molecule has 1 heterocycles. The lowest BCUT2D eigenvalue weighted by Gasteiger charge is -2.19. The van der Waals surface area contributed by atoms with Crippen molar-refractivity contribution in [3.8, 4) is 11.4 Å². The van der Waals surface area contributed by atoms with Crippen LogP contribution in [0.4, 0.5) is 0 Å². The molecule has 0 spiro atoms. The Labute approximate surface area is 152 Å². The van der Waals surface area contributed by atoms with E-state index in [9.17, 15) is 4.79 Å². The molecule has 3 aromatic rings. The highest BCUT2D eigenvalue weighted by Crippen LogP contribution is 2.17. The molecule has 2 atom stereocenters. The second kappa shape index (κ2) is 7.82. The number of rotatable bonds is 6. The molecular weight excluding hydrogens is 328 g/mol. The maximum atomic E-state index is 12.4. The summed E-state index contributed by atoms with van der Waals surface area (Å²) in [7, 11) is 0. The molecule has 1 aromatic heterocycles. The lowest BCUT2D eigenvalue weighted by Crippen LogP contribution is -2.37. The van der Waals surface area contributed by atoms with Gasteiger partial charge in [0.1, 0.15) is 18.4 Å². The van der Waals surface area contributed by atoms with Crippen molar-refractivity contribution in [2.45, 2.75) is 32.9 Å². The summed E-state index contributed by atoms with van der Waals surface area (Å²) in [5, 5.41) is 7.08. The van der Waals surface area contributed by atoms with Crippen molar-refractivity contribution in [2.24, 2.45) is 0 Å². The van der Waals surface area contributed by atoms with Crippen LogP contribution in [0.1, 0.15) is 31.0 Å². The molecule has 6 nitrogen and oxygen atoms in total. The van der Waals surface area contributed by atoms with Gasteiger partial charge in [-0.2, -0.15) is 5.10 Å². The first kappa shape index (κ1) is 17.7. The van der Waals surface area contributed by atoms with Crippen LogP contribution in [-0.2, 0) is 4.79 Å². The Morgan fingerprint density at radius 1 is 1.08 bits per heavy atom. The predicted molar refractivity (Wildman–Crippen MR) is 99.2 cm³/mol. The second-order valence-electron chi connectivity index (χ2n) is 6.23. The topological polar surface area (TPSA) is 69.0 Å². The normalized spacial score (nSPS) is 13.0. The summed E-state index contributed by atoms with van der Waals surface area (Å²) < 4.78 is 7.39. The highest BCUT2D eigenvalue weighted by Gasteiger charge is 2.17. The molecule has 6 heteroatoms. The standard InChI is InChI=1S/C20H22N4O2/c1-14-4-10-19(11-5-14)26-16(3)20(25)23-15(2)17-6-8-18(9-7-17)24-13-21-12-22-24/h4-13,15-16H,1-3H3,(H,23,25)/t15-,16+/m1/s1. The SMILES string of the molecule is Cc1ccc(O[C@@H](C)C(=O)N[C@H](C)c2ccc(-n3cncn3)cc2)cc1. The Hall–Kier alpha value is -3.15. The smallest absolute Gasteiger partial charge is 0.261 e. The molecule has 1 amide bonds. The van der Waals surface area contributed by atoms with Gasteiger partial charge < -0.3 is 10.1 Å². The Morgan fingerprint density at radius 2 is 1.77 bits per heavy atom. The molecule has 0 unspecified atom stereocenters. The minimum atomic E-state index is -0.574. The van der Waals surface area contributed by atoms with Crippen molar-refractivity contribution < 1.29 is 9.53 Å². The number of hydrogen-bond acceptors (Lipinski definition) is 4. The van der Waals surface area contributed by atoms with E-state index in [0.717, 1.165) is 16.8 Å². The molecule has 0 fully saturated rings. The number of benzene rings is 2. The Balaban J connectivity index is 1.58. The Kier molecular flexibility index (Phi) is 5.31. The molecule has 0 aliphatic heterocycles. The van der Waals surface area contributed by atoms with E-state index in [1.165, 1.54) is 6.33 Å². The number of aryl methyl sites for hydroxylation is 1. The average Bonchev–Trinajstić information content (AvgIpc) is 3.18. The first-order valence-electron chi connectivity index (χ1n) is 8.51. The minimum absolute atomic E-state index is 0.128. The number of amides is 1. The molecule has 26 heavy (non-hydrogen) atoms. The van der Waals surface area contributed by atoms with Gasteiger partial charge in [-0.3, -0.25) is 4.79 Å². The van der Waals surface area contributed by atoms with Crippen LogP contribution in [0, 0.1) is 6.92 Å². The van der Waals surface area contributed by atoms with E-state index >= 15 is 0 Å². The summed E-state index contributed by atoms with van der Waals surface area (Å²) in [5.74, 6) is 0.529. The molecule has 0 aliphatic rings. The van der Waals surface area contributed by atoms with Gasteiger partial charge in [0, 0.05) is 0 Å². The number of hydrogen-bond donors (Lipinski definition) is 1. The van der Waals surface area contributed by atoms with Gasteiger partial charge in [-0.05, 0) is 50.6 Å². The minimum Gasteiger partial charge on any atom is -0.481 e. The summed E-state index contributed by atoms with van der Waals surface area (Å²) in [6, 6.07) is 15.3. The van der Waals surface area contributed by atoms with E-state index < -0.39 is 6.10 Å². The molecule has 2 aromatic carbocycles. The van der Waals surface area contributed by atoms with Crippen molar-refractivity contribution in [2.75, 3.05) is 0 Å². The highest BCUT2D eigenvalue weighted by molar-refractivity contribution is 5.81. The monoisotopic (exact) mass is 350 g/mol. The number of carbonyl (C=O) groups is 1. The first-order valence-corrected chi connectivity index (χ1v) is 8.51. The molecule has 0 aliphatic carbocycles. The van der Waals surface area contributed by atoms with Crippen molar-refractivity contribution in [3.63, 3.8) is 0 Å². The van der Waals surface area contributed by atoms with Crippen molar-refractivity contribution >= 4 is 5.91 Å².